The van der Waals surface area contributed by atoms with Crippen LogP contribution < -0.4 is 5.32 Å². The van der Waals surface area contributed by atoms with Crippen molar-refractivity contribution in [3.63, 3.8) is 0 Å². The smallest absolute Gasteiger partial charge is 0.241 e. The molecule has 1 amide bonds. The van der Waals surface area contributed by atoms with Crippen LogP contribution in [0.3, 0.4) is 0 Å². The second-order valence-corrected chi connectivity index (χ2v) is 8.70. The maximum Gasteiger partial charge on any atom is 0.241 e. The maximum atomic E-state index is 12.2. The van der Waals surface area contributed by atoms with E-state index in [1.165, 1.54) is 0 Å². The highest BCUT2D eigenvalue weighted by molar-refractivity contribution is 7.91. The summed E-state index contributed by atoms with van der Waals surface area (Å²) in [7, 11) is -3.75. The van der Waals surface area contributed by atoms with E-state index >= 15 is 0 Å². The minimum absolute atomic E-state index is 0.00606. The minimum Gasteiger partial charge on any atom is -0.338 e. The van der Waals surface area contributed by atoms with Gasteiger partial charge in [-0.15, -0.1) is 0 Å². The van der Waals surface area contributed by atoms with E-state index < -0.39 is 27.3 Å². The Morgan fingerprint density at radius 2 is 2.04 bits per heavy atom. The molecule has 1 aromatic carbocycles. The molecule has 1 N–H and O–H groups in total. The van der Waals surface area contributed by atoms with Crippen molar-refractivity contribution < 1.29 is 17.7 Å². The first kappa shape index (κ1) is 20.4. The van der Waals surface area contributed by atoms with Gasteiger partial charge in [0.15, 0.2) is 15.7 Å². The molecule has 0 saturated carbocycles. The number of sulfone groups is 1. The lowest BCUT2D eigenvalue weighted by Crippen LogP contribution is -2.24. The van der Waals surface area contributed by atoms with Crippen LogP contribution in [0.2, 0.25) is 5.02 Å². The summed E-state index contributed by atoms with van der Waals surface area (Å²) in [5, 5.41) is 6.68. The van der Waals surface area contributed by atoms with E-state index in [4.69, 9.17) is 16.1 Å². The molecule has 9 heteroatoms. The van der Waals surface area contributed by atoms with Gasteiger partial charge in [-0.25, -0.2) is 8.42 Å². The molecule has 0 aliphatic rings. The molecular weight excluding hydrogens is 378 g/mol. The number of hydrogen-bond acceptors (Lipinski definition) is 6. The molecular formula is C17H22ClN3O4S. The number of aromatic nitrogens is 2. The highest BCUT2D eigenvalue weighted by Crippen LogP contribution is 2.27. The van der Waals surface area contributed by atoms with Crippen LogP contribution in [0.4, 0.5) is 5.69 Å². The van der Waals surface area contributed by atoms with Gasteiger partial charge in [-0.05, 0) is 37.5 Å². The first-order chi connectivity index (χ1) is 12.2. The fourth-order valence-electron chi connectivity index (χ4n) is 2.47. The zero-order valence-electron chi connectivity index (χ0n) is 15.0. The molecule has 2 rings (SSSR count). The summed E-state index contributed by atoms with van der Waals surface area (Å²) >= 11 is 6.13. The molecule has 0 unspecified atom stereocenters. The number of nitrogens with one attached hydrogen (secondary N) is 1. The van der Waals surface area contributed by atoms with E-state index in [1.54, 1.807) is 13.0 Å². The third-order valence-electron chi connectivity index (χ3n) is 3.65. The number of amides is 1. The molecule has 26 heavy (non-hydrogen) atoms. The van der Waals surface area contributed by atoms with E-state index in [1.807, 2.05) is 19.9 Å². The highest BCUT2D eigenvalue weighted by Gasteiger charge is 2.22. The minimum atomic E-state index is -3.75. The van der Waals surface area contributed by atoms with Gasteiger partial charge in [-0.2, -0.15) is 4.98 Å². The molecule has 0 aliphatic carbocycles. The summed E-state index contributed by atoms with van der Waals surface area (Å²) in [5.74, 6) is -1.36. The molecule has 0 saturated heterocycles. The molecule has 0 aliphatic heterocycles. The van der Waals surface area contributed by atoms with Gasteiger partial charge in [0, 0.05) is 6.42 Å². The molecule has 1 aromatic heterocycles. The van der Waals surface area contributed by atoms with Gasteiger partial charge in [0.1, 0.15) is 11.5 Å². The van der Waals surface area contributed by atoms with Crippen molar-refractivity contribution >= 4 is 33.0 Å². The van der Waals surface area contributed by atoms with E-state index in [-0.39, 0.29) is 5.89 Å². The summed E-state index contributed by atoms with van der Waals surface area (Å²) in [4.78, 5) is 16.2. The van der Waals surface area contributed by atoms with Crippen molar-refractivity contribution in [2.75, 3.05) is 11.1 Å². The fraction of sp³-hybridized carbons (Fsp3) is 0.471. The third kappa shape index (κ3) is 5.81. The lowest BCUT2D eigenvalue weighted by Gasteiger charge is -2.11. The first-order valence-corrected chi connectivity index (χ1v) is 10.5. The predicted octanol–water partition coefficient (Wildman–Crippen LogP) is 3.24. The molecule has 7 nitrogen and oxygen atoms in total. The summed E-state index contributed by atoms with van der Waals surface area (Å²) in [6, 6.07) is 3.56. The molecule has 0 bridgehead atoms. The Bertz CT molecular complexity index is 870. The van der Waals surface area contributed by atoms with Gasteiger partial charge in [0.05, 0.1) is 10.7 Å². The van der Waals surface area contributed by atoms with E-state index in [2.05, 4.69) is 15.5 Å². The van der Waals surface area contributed by atoms with Gasteiger partial charge in [-0.1, -0.05) is 36.2 Å². The molecule has 0 atom stereocenters. The second kappa shape index (κ2) is 8.64. The van der Waals surface area contributed by atoms with Crippen LogP contribution in [-0.4, -0.2) is 30.2 Å². The standard InChI is InChI=1S/C17H22ClN3O4S/c1-4-5-6-14-19-16(25-21-14)10-26(23,24)9-15(22)20-17-12(3)7-11(2)8-13(17)18/h7-8H,4-6,9-10H2,1-3H3,(H,20,22). The maximum absolute atomic E-state index is 12.2. The number of halogens is 1. The SMILES string of the molecule is CCCCc1noc(CS(=O)(=O)CC(=O)Nc2c(C)cc(C)cc2Cl)n1. The van der Waals surface area contributed by atoms with Crippen LogP contribution >= 0.6 is 11.6 Å². The van der Waals surface area contributed by atoms with Crippen LogP contribution in [0, 0.1) is 13.8 Å². The zero-order chi connectivity index (χ0) is 19.3. The van der Waals surface area contributed by atoms with E-state index in [0.717, 1.165) is 24.0 Å². The molecule has 1 heterocycles. The molecule has 0 fully saturated rings. The fourth-order valence-corrected chi connectivity index (χ4v) is 3.91. The third-order valence-corrected chi connectivity index (χ3v) is 5.34. The number of aryl methyl sites for hydroxylation is 3. The van der Waals surface area contributed by atoms with Crippen molar-refractivity contribution in [1.82, 2.24) is 10.1 Å². The average Bonchev–Trinajstić information content (AvgIpc) is 2.94. The molecule has 142 valence electrons. The number of carbonyl (C=O) groups excluding carboxylic acids is 1. The van der Waals surface area contributed by atoms with Gasteiger partial charge in [-0.3, -0.25) is 4.79 Å². The van der Waals surface area contributed by atoms with Crippen molar-refractivity contribution in [1.29, 1.82) is 0 Å². The number of benzene rings is 1. The van der Waals surface area contributed by atoms with Gasteiger partial charge < -0.3 is 9.84 Å². The summed E-state index contributed by atoms with van der Waals surface area (Å²) in [6.45, 7) is 5.71. The Hall–Kier alpha value is -1.93. The number of hydrogen-bond donors (Lipinski definition) is 1. The molecule has 2 aromatic rings. The first-order valence-electron chi connectivity index (χ1n) is 8.28. The zero-order valence-corrected chi connectivity index (χ0v) is 16.6. The number of nitrogens with zero attached hydrogens (tertiary/aromatic N) is 2. The lowest BCUT2D eigenvalue weighted by molar-refractivity contribution is -0.113. The van der Waals surface area contributed by atoms with Crippen LogP contribution in [0.1, 0.15) is 42.6 Å². The Kier molecular flexibility index (Phi) is 6.77. The Morgan fingerprint density at radius 3 is 2.69 bits per heavy atom. The Labute approximate surface area is 158 Å². The summed E-state index contributed by atoms with van der Waals surface area (Å²) < 4.78 is 29.4. The number of carbonyl (C=O) groups is 1. The average molecular weight is 400 g/mol. The van der Waals surface area contributed by atoms with Gasteiger partial charge in [0.2, 0.25) is 11.8 Å². The van der Waals surface area contributed by atoms with Crippen molar-refractivity contribution in [2.24, 2.45) is 0 Å². The van der Waals surface area contributed by atoms with Crippen LogP contribution in [0.15, 0.2) is 16.7 Å². The number of unbranched alkanes of at least 4 members (excludes halogenated alkanes) is 1. The Balaban J connectivity index is 2.00. The largest absolute Gasteiger partial charge is 0.338 e. The van der Waals surface area contributed by atoms with E-state index in [9.17, 15) is 13.2 Å². The highest BCUT2D eigenvalue weighted by atomic mass is 35.5. The summed E-state index contributed by atoms with van der Waals surface area (Å²) in [5.41, 5.74) is 2.13. The predicted molar refractivity (Wildman–Crippen MR) is 100.0 cm³/mol. The Morgan fingerprint density at radius 1 is 1.31 bits per heavy atom. The molecule has 0 radical (unpaired) electrons. The van der Waals surface area contributed by atoms with Gasteiger partial charge >= 0.3 is 0 Å². The number of rotatable bonds is 8. The van der Waals surface area contributed by atoms with Crippen LogP contribution in [-0.2, 0) is 26.8 Å². The topological polar surface area (TPSA) is 102 Å². The normalized spacial score (nSPS) is 11.5. The van der Waals surface area contributed by atoms with Gasteiger partial charge in [0.25, 0.3) is 0 Å². The molecule has 0 spiro atoms. The van der Waals surface area contributed by atoms with Crippen molar-refractivity contribution in [3.8, 4) is 0 Å². The van der Waals surface area contributed by atoms with Crippen molar-refractivity contribution in [2.45, 2.75) is 45.8 Å². The van der Waals surface area contributed by atoms with Crippen molar-refractivity contribution in [3.05, 3.63) is 40.0 Å². The lowest BCUT2D eigenvalue weighted by atomic mass is 10.1. The summed E-state index contributed by atoms with van der Waals surface area (Å²) in [6.07, 6.45) is 2.50. The quantitative estimate of drug-likeness (QED) is 0.731. The monoisotopic (exact) mass is 399 g/mol. The number of anilines is 1. The second-order valence-electron chi connectivity index (χ2n) is 6.23. The van der Waals surface area contributed by atoms with Crippen LogP contribution in [0.25, 0.3) is 0 Å². The van der Waals surface area contributed by atoms with Crippen LogP contribution in [0.5, 0.6) is 0 Å². The van der Waals surface area contributed by atoms with E-state index in [0.29, 0.717) is 23.0 Å².